The average Bonchev–Trinajstić information content (AvgIpc) is 2.98. The molecule has 1 N–H and O–H groups in total. The quantitative estimate of drug-likeness (QED) is 0.756. The molecule has 0 aromatic carbocycles. The Morgan fingerprint density at radius 2 is 2.07 bits per heavy atom. The molecule has 1 aliphatic rings. The third kappa shape index (κ3) is 4.44. The fourth-order valence-electron chi connectivity index (χ4n) is 1.27. The first kappa shape index (κ1) is 12.9. The van der Waals surface area contributed by atoms with Gasteiger partial charge in [-0.3, -0.25) is 5.32 Å². The van der Waals surface area contributed by atoms with Crippen LogP contribution < -0.4 is 5.32 Å². The van der Waals surface area contributed by atoms with Crippen LogP contribution in [0.3, 0.4) is 0 Å². The van der Waals surface area contributed by atoms with Crippen molar-refractivity contribution in [3.8, 4) is 6.07 Å². The van der Waals surface area contributed by atoms with Crippen LogP contribution in [0.5, 0.6) is 0 Å². The summed E-state index contributed by atoms with van der Waals surface area (Å²) in [5.74, 6) is 1.57. The molecule has 15 heavy (non-hydrogen) atoms. The first-order valence-corrected chi connectivity index (χ1v) is 6.82. The molecule has 2 nitrogen and oxygen atoms in total. The molecule has 0 heterocycles. The van der Waals surface area contributed by atoms with Crippen molar-refractivity contribution in [1.82, 2.24) is 5.32 Å². The summed E-state index contributed by atoms with van der Waals surface area (Å²) in [6, 6.07) is 3.01. The van der Waals surface area contributed by atoms with Crippen LogP contribution in [0.25, 0.3) is 0 Å². The molecule has 3 heteroatoms. The summed E-state index contributed by atoms with van der Waals surface area (Å²) in [6.45, 7) is 8.72. The molecule has 2 unspecified atom stereocenters. The zero-order valence-corrected chi connectivity index (χ0v) is 11.0. The third-order valence-electron chi connectivity index (χ3n) is 2.92. The topological polar surface area (TPSA) is 35.8 Å². The molecule has 0 amide bonds. The molecule has 1 fully saturated rings. The normalized spacial score (nSPS) is 22.1. The van der Waals surface area contributed by atoms with Crippen molar-refractivity contribution in [3.05, 3.63) is 0 Å². The highest BCUT2D eigenvalue weighted by Gasteiger charge is 2.32. The maximum Gasteiger partial charge on any atom is 0.113 e. The first-order valence-electron chi connectivity index (χ1n) is 5.77. The van der Waals surface area contributed by atoms with Crippen molar-refractivity contribution in [3.63, 3.8) is 0 Å². The Labute approximate surface area is 97.8 Å². The van der Waals surface area contributed by atoms with E-state index in [0.29, 0.717) is 17.2 Å². The van der Waals surface area contributed by atoms with E-state index in [-0.39, 0.29) is 5.54 Å². The van der Waals surface area contributed by atoms with E-state index in [1.807, 2.05) is 18.7 Å². The minimum absolute atomic E-state index is 0.338. The van der Waals surface area contributed by atoms with Gasteiger partial charge in [0.25, 0.3) is 0 Å². The van der Waals surface area contributed by atoms with Crippen molar-refractivity contribution in [2.45, 2.75) is 57.4 Å². The Balaban J connectivity index is 2.35. The summed E-state index contributed by atoms with van der Waals surface area (Å²) >= 11 is 1.90. The lowest BCUT2D eigenvalue weighted by Gasteiger charge is -2.25. The van der Waals surface area contributed by atoms with Gasteiger partial charge in [0.2, 0.25) is 0 Å². The maximum atomic E-state index is 9.19. The molecular weight excluding hydrogens is 204 g/mol. The van der Waals surface area contributed by atoms with Crippen LogP contribution in [0.15, 0.2) is 0 Å². The van der Waals surface area contributed by atoms with Gasteiger partial charge in [0.1, 0.15) is 5.54 Å². The monoisotopic (exact) mass is 226 g/mol. The zero-order chi connectivity index (χ0) is 11.5. The van der Waals surface area contributed by atoms with Crippen molar-refractivity contribution >= 4 is 11.8 Å². The van der Waals surface area contributed by atoms with Crippen molar-refractivity contribution in [1.29, 1.82) is 5.26 Å². The summed E-state index contributed by atoms with van der Waals surface area (Å²) in [6.07, 6.45) is 2.48. The van der Waals surface area contributed by atoms with Gasteiger partial charge in [-0.25, -0.2) is 0 Å². The number of nitrogens with one attached hydrogen (secondary N) is 1. The van der Waals surface area contributed by atoms with Crippen LogP contribution in [0.2, 0.25) is 0 Å². The molecule has 0 saturated heterocycles. The molecule has 0 bridgehead atoms. The zero-order valence-electron chi connectivity index (χ0n) is 10.2. The van der Waals surface area contributed by atoms with Gasteiger partial charge in [-0.1, -0.05) is 20.8 Å². The lowest BCUT2D eigenvalue weighted by atomic mass is 10.1. The second kappa shape index (κ2) is 5.23. The summed E-state index contributed by atoms with van der Waals surface area (Å²) in [5.41, 5.74) is -0.338. The predicted molar refractivity (Wildman–Crippen MR) is 66.9 cm³/mol. The Kier molecular flexibility index (Phi) is 4.48. The van der Waals surface area contributed by atoms with E-state index in [0.717, 1.165) is 5.75 Å². The first-order chi connectivity index (χ1) is 6.97. The second-order valence-electron chi connectivity index (χ2n) is 5.12. The van der Waals surface area contributed by atoms with E-state index in [1.54, 1.807) is 0 Å². The number of thioether (sulfide) groups is 1. The van der Waals surface area contributed by atoms with Crippen LogP contribution in [0.1, 0.15) is 40.5 Å². The lowest BCUT2D eigenvalue weighted by molar-refractivity contribution is 0.489. The molecule has 2 atom stereocenters. The smallest absolute Gasteiger partial charge is 0.113 e. The van der Waals surface area contributed by atoms with Gasteiger partial charge in [0.05, 0.1) is 6.07 Å². The van der Waals surface area contributed by atoms with E-state index >= 15 is 0 Å². The van der Waals surface area contributed by atoms with Gasteiger partial charge in [-0.15, -0.1) is 0 Å². The number of nitrogens with zero attached hydrogens (tertiary/aromatic N) is 1. The van der Waals surface area contributed by atoms with E-state index < -0.39 is 0 Å². The fraction of sp³-hybridized carbons (Fsp3) is 0.917. The molecule has 0 spiro atoms. The fourth-order valence-corrected chi connectivity index (χ4v) is 2.40. The Morgan fingerprint density at radius 1 is 1.47 bits per heavy atom. The van der Waals surface area contributed by atoms with Gasteiger partial charge in [-0.2, -0.15) is 17.0 Å². The molecule has 1 saturated carbocycles. The molecule has 0 aromatic rings. The summed E-state index contributed by atoms with van der Waals surface area (Å²) < 4.78 is 0. The van der Waals surface area contributed by atoms with Crippen molar-refractivity contribution in [2.24, 2.45) is 5.92 Å². The summed E-state index contributed by atoms with van der Waals surface area (Å²) in [7, 11) is 0. The molecule has 1 rings (SSSR count). The minimum Gasteiger partial charge on any atom is -0.296 e. The van der Waals surface area contributed by atoms with Crippen LogP contribution in [-0.2, 0) is 0 Å². The van der Waals surface area contributed by atoms with Crippen molar-refractivity contribution in [2.75, 3.05) is 5.75 Å². The molecule has 0 aromatic heterocycles. The van der Waals surface area contributed by atoms with E-state index in [1.165, 1.54) is 12.8 Å². The van der Waals surface area contributed by atoms with Gasteiger partial charge in [-0.05, 0) is 25.7 Å². The highest BCUT2D eigenvalue weighted by molar-refractivity contribution is 7.99. The van der Waals surface area contributed by atoms with Gasteiger partial charge < -0.3 is 0 Å². The van der Waals surface area contributed by atoms with Crippen molar-refractivity contribution < 1.29 is 0 Å². The lowest BCUT2D eigenvalue weighted by Crippen LogP contribution is -2.45. The maximum absolute atomic E-state index is 9.19. The minimum atomic E-state index is -0.338. The highest BCUT2D eigenvalue weighted by Crippen LogP contribution is 2.27. The SMILES string of the molecule is CC(C)C(C)SCC(C)(C#N)NC1CC1. The van der Waals surface area contributed by atoms with E-state index in [2.05, 4.69) is 32.2 Å². The average molecular weight is 226 g/mol. The largest absolute Gasteiger partial charge is 0.296 e. The second-order valence-corrected chi connectivity index (χ2v) is 6.49. The van der Waals surface area contributed by atoms with Crippen LogP contribution in [-0.4, -0.2) is 22.6 Å². The standard InChI is InChI=1S/C12H22N2S/c1-9(2)10(3)15-8-12(4,7-13)14-11-5-6-11/h9-11,14H,5-6,8H2,1-4H3. The molecule has 0 aliphatic heterocycles. The third-order valence-corrected chi connectivity index (χ3v) is 4.73. The Morgan fingerprint density at radius 3 is 2.47 bits per heavy atom. The number of hydrogen-bond donors (Lipinski definition) is 1. The van der Waals surface area contributed by atoms with E-state index in [9.17, 15) is 5.26 Å². The summed E-state index contributed by atoms with van der Waals surface area (Å²) in [4.78, 5) is 0. The molecule has 1 aliphatic carbocycles. The molecule has 86 valence electrons. The number of hydrogen-bond acceptors (Lipinski definition) is 3. The van der Waals surface area contributed by atoms with Crippen LogP contribution in [0, 0.1) is 17.2 Å². The predicted octanol–water partition coefficient (Wildman–Crippen LogP) is 2.80. The van der Waals surface area contributed by atoms with E-state index in [4.69, 9.17) is 0 Å². The van der Waals surface area contributed by atoms with Crippen LogP contribution in [0.4, 0.5) is 0 Å². The van der Waals surface area contributed by atoms with Gasteiger partial charge >= 0.3 is 0 Å². The number of nitriles is 1. The van der Waals surface area contributed by atoms with Gasteiger partial charge in [0, 0.05) is 17.0 Å². The van der Waals surface area contributed by atoms with Gasteiger partial charge in [0.15, 0.2) is 0 Å². The molecular formula is C12H22N2S. The van der Waals surface area contributed by atoms with Crippen LogP contribution >= 0.6 is 11.8 Å². The summed E-state index contributed by atoms with van der Waals surface area (Å²) in [5, 5.41) is 13.2. The Hall–Kier alpha value is -0.200. The highest BCUT2D eigenvalue weighted by atomic mass is 32.2. The Bertz CT molecular complexity index is 242. The molecule has 0 radical (unpaired) electrons. The number of rotatable bonds is 6.